The summed E-state index contributed by atoms with van der Waals surface area (Å²) in [5.41, 5.74) is 2.09. The van der Waals surface area contributed by atoms with E-state index in [1.165, 1.54) is 0 Å². The number of amides is 1. The summed E-state index contributed by atoms with van der Waals surface area (Å²) in [6.07, 6.45) is 3.85. The Hall–Kier alpha value is -3.08. The fourth-order valence-electron chi connectivity index (χ4n) is 3.91. The number of imidazole rings is 1. The molecular weight excluding hydrogens is 348 g/mol. The molecule has 0 saturated carbocycles. The number of carbonyl (C=O) groups is 1. The summed E-state index contributed by atoms with van der Waals surface area (Å²) in [7, 11) is 0. The number of rotatable bonds is 5. The average molecular weight is 374 g/mol. The lowest BCUT2D eigenvalue weighted by molar-refractivity contribution is -0.132. The summed E-state index contributed by atoms with van der Waals surface area (Å²) in [5.74, 6) is 0.916. The second-order valence-electron chi connectivity index (χ2n) is 7.08. The first kappa shape index (κ1) is 18.3. The van der Waals surface area contributed by atoms with Gasteiger partial charge in [-0.2, -0.15) is 0 Å². The van der Waals surface area contributed by atoms with E-state index >= 15 is 0 Å². The molecule has 1 aromatic heterocycles. The van der Waals surface area contributed by atoms with Crippen LogP contribution in [0.5, 0.6) is 0 Å². The van der Waals surface area contributed by atoms with E-state index in [9.17, 15) is 4.79 Å². The van der Waals surface area contributed by atoms with Crippen LogP contribution in [0.4, 0.5) is 5.95 Å². The maximum Gasteiger partial charge on any atom is 0.234 e. The average Bonchev–Trinajstić information content (AvgIpc) is 3.24. The highest BCUT2D eigenvalue weighted by atomic mass is 16.2. The van der Waals surface area contributed by atoms with Crippen LogP contribution in [0, 0.1) is 0 Å². The molecule has 0 atom stereocenters. The van der Waals surface area contributed by atoms with E-state index in [-0.39, 0.29) is 11.8 Å². The van der Waals surface area contributed by atoms with Gasteiger partial charge in [0.05, 0.1) is 5.92 Å². The van der Waals surface area contributed by atoms with Gasteiger partial charge in [-0.05, 0) is 18.1 Å². The molecule has 28 heavy (non-hydrogen) atoms. The molecule has 0 bridgehead atoms. The third-order valence-corrected chi connectivity index (χ3v) is 5.42. The number of piperazine rings is 1. The van der Waals surface area contributed by atoms with E-state index in [2.05, 4.69) is 21.4 Å². The first-order valence-electron chi connectivity index (χ1n) is 9.92. The molecule has 5 nitrogen and oxygen atoms in total. The summed E-state index contributed by atoms with van der Waals surface area (Å²) in [6.45, 7) is 6.06. The second kappa shape index (κ2) is 8.30. The Bertz CT molecular complexity index is 859. The van der Waals surface area contributed by atoms with Crippen LogP contribution in [0.15, 0.2) is 73.1 Å². The van der Waals surface area contributed by atoms with E-state index in [0.29, 0.717) is 13.1 Å². The third kappa shape index (κ3) is 3.65. The van der Waals surface area contributed by atoms with Crippen molar-refractivity contribution in [1.82, 2.24) is 14.5 Å². The number of aryl methyl sites for hydroxylation is 1. The first-order valence-corrected chi connectivity index (χ1v) is 9.92. The molecule has 3 aromatic rings. The van der Waals surface area contributed by atoms with Crippen molar-refractivity contribution in [2.24, 2.45) is 0 Å². The van der Waals surface area contributed by atoms with Crippen LogP contribution >= 0.6 is 0 Å². The maximum atomic E-state index is 13.5. The molecule has 1 saturated heterocycles. The lowest BCUT2D eigenvalue weighted by Gasteiger charge is -2.37. The molecule has 0 aliphatic carbocycles. The highest BCUT2D eigenvalue weighted by Crippen LogP contribution is 2.27. The van der Waals surface area contributed by atoms with Crippen LogP contribution < -0.4 is 4.90 Å². The van der Waals surface area contributed by atoms with Crippen molar-refractivity contribution in [3.8, 4) is 0 Å². The fourth-order valence-corrected chi connectivity index (χ4v) is 3.91. The summed E-state index contributed by atoms with van der Waals surface area (Å²) >= 11 is 0. The Balaban J connectivity index is 1.52. The van der Waals surface area contributed by atoms with Crippen molar-refractivity contribution in [1.29, 1.82) is 0 Å². The molecule has 1 aliphatic rings. The summed E-state index contributed by atoms with van der Waals surface area (Å²) < 4.78 is 2.15. The van der Waals surface area contributed by atoms with Crippen molar-refractivity contribution in [2.45, 2.75) is 19.4 Å². The summed E-state index contributed by atoms with van der Waals surface area (Å²) in [4.78, 5) is 22.3. The Kier molecular flexibility index (Phi) is 5.42. The SMILES string of the molecule is CCn1ccnc1N1CCN(C(=O)C(c2ccccc2)c2ccccc2)CC1. The number of carbonyl (C=O) groups excluding carboxylic acids is 1. The molecule has 1 amide bonds. The zero-order valence-corrected chi connectivity index (χ0v) is 16.2. The van der Waals surface area contributed by atoms with Crippen molar-refractivity contribution in [3.05, 3.63) is 84.2 Å². The molecule has 2 aromatic carbocycles. The van der Waals surface area contributed by atoms with Gasteiger partial charge in [0.15, 0.2) is 0 Å². The molecule has 5 heteroatoms. The zero-order chi connectivity index (χ0) is 19.3. The number of anilines is 1. The quantitative estimate of drug-likeness (QED) is 0.687. The fraction of sp³-hybridized carbons (Fsp3) is 0.304. The molecule has 0 spiro atoms. The number of hydrogen-bond donors (Lipinski definition) is 0. The summed E-state index contributed by atoms with van der Waals surface area (Å²) in [6, 6.07) is 20.2. The van der Waals surface area contributed by atoms with Crippen molar-refractivity contribution < 1.29 is 4.79 Å². The largest absolute Gasteiger partial charge is 0.339 e. The highest BCUT2D eigenvalue weighted by molar-refractivity contribution is 5.87. The van der Waals surface area contributed by atoms with Crippen LogP contribution in [0.1, 0.15) is 24.0 Å². The molecule has 0 unspecified atom stereocenters. The van der Waals surface area contributed by atoms with Gasteiger partial charge in [0.1, 0.15) is 0 Å². The number of nitrogens with zero attached hydrogens (tertiary/aromatic N) is 4. The van der Waals surface area contributed by atoms with Gasteiger partial charge in [0.2, 0.25) is 11.9 Å². The number of benzene rings is 2. The van der Waals surface area contributed by atoms with Gasteiger partial charge in [-0.15, -0.1) is 0 Å². The molecule has 0 N–H and O–H groups in total. The number of hydrogen-bond acceptors (Lipinski definition) is 3. The number of aromatic nitrogens is 2. The van der Waals surface area contributed by atoms with Gasteiger partial charge in [-0.1, -0.05) is 60.7 Å². The molecule has 1 aliphatic heterocycles. The van der Waals surface area contributed by atoms with Crippen LogP contribution in [-0.2, 0) is 11.3 Å². The minimum Gasteiger partial charge on any atom is -0.339 e. The lowest BCUT2D eigenvalue weighted by Crippen LogP contribution is -2.50. The Morgan fingerprint density at radius 3 is 2.04 bits per heavy atom. The topological polar surface area (TPSA) is 41.4 Å². The Labute approximate surface area is 166 Å². The van der Waals surface area contributed by atoms with E-state index in [4.69, 9.17) is 0 Å². The molecule has 4 rings (SSSR count). The minimum absolute atomic E-state index is 0.177. The van der Waals surface area contributed by atoms with Crippen molar-refractivity contribution >= 4 is 11.9 Å². The van der Waals surface area contributed by atoms with Gasteiger partial charge in [0, 0.05) is 45.1 Å². The summed E-state index contributed by atoms with van der Waals surface area (Å²) in [5, 5.41) is 0. The van der Waals surface area contributed by atoms with Gasteiger partial charge < -0.3 is 14.4 Å². The van der Waals surface area contributed by atoms with Crippen molar-refractivity contribution in [3.63, 3.8) is 0 Å². The standard InChI is InChI=1S/C23H26N4O/c1-2-25-14-13-24-23(25)27-17-15-26(16-18-27)22(28)21(19-9-5-3-6-10-19)20-11-7-4-8-12-20/h3-14,21H,2,15-18H2,1H3. The van der Waals surface area contributed by atoms with Crippen LogP contribution in [0.25, 0.3) is 0 Å². The van der Waals surface area contributed by atoms with E-state index in [0.717, 1.165) is 36.7 Å². The minimum atomic E-state index is -0.258. The normalized spacial score (nSPS) is 14.5. The van der Waals surface area contributed by atoms with Gasteiger partial charge >= 0.3 is 0 Å². The van der Waals surface area contributed by atoms with Crippen LogP contribution in [-0.4, -0.2) is 46.5 Å². The Morgan fingerprint density at radius 1 is 0.929 bits per heavy atom. The smallest absolute Gasteiger partial charge is 0.234 e. The van der Waals surface area contributed by atoms with Gasteiger partial charge in [-0.25, -0.2) is 4.98 Å². The zero-order valence-electron chi connectivity index (χ0n) is 16.2. The monoisotopic (exact) mass is 374 g/mol. The first-order chi connectivity index (χ1) is 13.8. The Morgan fingerprint density at radius 2 is 1.50 bits per heavy atom. The molecular formula is C23H26N4O. The van der Waals surface area contributed by atoms with Crippen LogP contribution in [0.3, 0.4) is 0 Å². The predicted molar refractivity (Wildman–Crippen MR) is 111 cm³/mol. The molecule has 0 radical (unpaired) electrons. The molecule has 2 heterocycles. The lowest BCUT2D eigenvalue weighted by atomic mass is 9.90. The van der Waals surface area contributed by atoms with Crippen molar-refractivity contribution in [2.75, 3.05) is 31.1 Å². The maximum absolute atomic E-state index is 13.5. The van der Waals surface area contributed by atoms with E-state index < -0.39 is 0 Å². The predicted octanol–water partition coefficient (Wildman–Crippen LogP) is 3.38. The molecule has 1 fully saturated rings. The van der Waals surface area contributed by atoms with Gasteiger partial charge in [0.25, 0.3) is 0 Å². The van der Waals surface area contributed by atoms with E-state index in [1.54, 1.807) is 0 Å². The van der Waals surface area contributed by atoms with E-state index in [1.807, 2.05) is 78.0 Å². The highest BCUT2D eigenvalue weighted by Gasteiger charge is 2.30. The molecule has 144 valence electrons. The third-order valence-electron chi connectivity index (χ3n) is 5.42. The van der Waals surface area contributed by atoms with Crippen LogP contribution in [0.2, 0.25) is 0 Å². The second-order valence-corrected chi connectivity index (χ2v) is 7.08. The van der Waals surface area contributed by atoms with Gasteiger partial charge in [-0.3, -0.25) is 4.79 Å².